The van der Waals surface area contributed by atoms with Crippen LogP contribution in [-0.2, 0) is 9.84 Å². The fraction of sp³-hybridized carbons (Fsp3) is 0.583. The lowest BCUT2D eigenvalue weighted by Gasteiger charge is -2.10. The molecule has 1 aromatic heterocycles. The molecule has 0 aromatic carbocycles. The average molecular weight is 298 g/mol. The van der Waals surface area contributed by atoms with E-state index in [0.29, 0.717) is 18.7 Å². The monoisotopic (exact) mass is 298 g/mol. The number of carbonyl (C=O) groups is 1. The number of hydrogen-bond acceptors (Lipinski definition) is 6. The van der Waals surface area contributed by atoms with Crippen molar-refractivity contribution in [3.8, 4) is 0 Å². The molecule has 2 rings (SSSR count). The first-order valence-corrected chi connectivity index (χ1v) is 8.30. The second kappa shape index (κ2) is 6.17. The number of carbonyl (C=O) groups excluding carboxylic acids is 1. The van der Waals surface area contributed by atoms with Crippen LogP contribution in [0.4, 0.5) is 5.82 Å². The molecule has 1 saturated heterocycles. The summed E-state index contributed by atoms with van der Waals surface area (Å²) in [5, 5.41) is 5.11. The summed E-state index contributed by atoms with van der Waals surface area (Å²) in [7, 11) is -3.04. The number of nitrogens with one attached hydrogen (secondary N) is 2. The molecule has 1 aliphatic heterocycles. The number of rotatable bonds is 5. The zero-order valence-corrected chi connectivity index (χ0v) is 12.1. The van der Waals surface area contributed by atoms with Crippen molar-refractivity contribution in [2.45, 2.75) is 25.0 Å². The minimum atomic E-state index is -3.04. The number of amides is 1. The number of nitrogens with zero attached hydrogens (tertiary/aromatic N) is 2. The first-order valence-electron chi connectivity index (χ1n) is 6.58. The van der Waals surface area contributed by atoms with Gasteiger partial charge in [0.2, 0.25) is 0 Å². The number of anilines is 1. The van der Waals surface area contributed by atoms with Crippen LogP contribution in [0.5, 0.6) is 0 Å². The van der Waals surface area contributed by atoms with Gasteiger partial charge in [-0.3, -0.25) is 4.79 Å². The van der Waals surface area contributed by atoms with Crippen LogP contribution in [0, 0.1) is 0 Å². The zero-order valence-electron chi connectivity index (χ0n) is 11.3. The fourth-order valence-electron chi connectivity index (χ4n) is 2.10. The van der Waals surface area contributed by atoms with Gasteiger partial charge in [0.1, 0.15) is 11.5 Å². The summed E-state index contributed by atoms with van der Waals surface area (Å²) in [4.78, 5) is 19.9. The van der Waals surface area contributed by atoms with Crippen LogP contribution in [0.1, 0.15) is 30.3 Å². The third-order valence-corrected chi connectivity index (χ3v) is 5.47. The minimum Gasteiger partial charge on any atom is -0.369 e. The van der Waals surface area contributed by atoms with E-state index >= 15 is 0 Å². The largest absolute Gasteiger partial charge is 0.369 e. The maximum Gasteiger partial charge on any atom is 0.271 e. The van der Waals surface area contributed by atoms with E-state index in [1.165, 1.54) is 12.4 Å². The van der Waals surface area contributed by atoms with E-state index in [1.54, 1.807) is 0 Å². The van der Waals surface area contributed by atoms with Gasteiger partial charge in [-0.2, -0.15) is 0 Å². The van der Waals surface area contributed by atoms with Crippen LogP contribution in [0.2, 0.25) is 0 Å². The number of hydrogen-bond donors (Lipinski definition) is 2. The van der Waals surface area contributed by atoms with Crippen LogP contribution in [0.15, 0.2) is 12.4 Å². The molecule has 2 heterocycles. The molecule has 1 fully saturated rings. The summed E-state index contributed by atoms with van der Waals surface area (Å²) in [5.41, 5.74) is 0.182. The van der Waals surface area contributed by atoms with Gasteiger partial charge in [0.05, 0.1) is 23.4 Å². The number of sulfone groups is 1. The Morgan fingerprint density at radius 2 is 2.20 bits per heavy atom. The highest BCUT2D eigenvalue weighted by molar-refractivity contribution is 7.92. The molecule has 1 aliphatic rings. The van der Waals surface area contributed by atoms with Crippen LogP contribution < -0.4 is 10.6 Å². The smallest absolute Gasteiger partial charge is 0.271 e. The van der Waals surface area contributed by atoms with Gasteiger partial charge in [-0.25, -0.2) is 18.4 Å². The van der Waals surface area contributed by atoms with E-state index in [9.17, 15) is 13.2 Å². The molecular weight excluding hydrogens is 280 g/mol. The molecule has 1 aromatic rings. The Labute approximate surface area is 118 Å². The van der Waals surface area contributed by atoms with Gasteiger partial charge in [-0.05, 0) is 19.8 Å². The van der Waals surface area contributed by atoms with Gasteiger partial charge in [0, 0.05) is 13.1 Å². The molecule has 110 valence electrons. The van der Waals surface area contributed by atoms with Crippen molar-refractivity contribution in [2.24, 2.45) is 0 Å². The highest BCUT2D eigenvalue weighted by atomic mass is 32.2. The SMILES string of the molecule is CCNc1cnc(C(=O)NCC2CCCS2(=O)=O)cn1. The van der Waals surface area contributed by atoms with Crippen LogP contribution >= 0.6 is 0 Å². The van der Waals surface area contributed by atoms with E-state index in [1.807, 2.05) is 6.92 Å². The van der Waals surface area contributed by atoms with Crippen LogP contribution in [0.25, 0.3) is 0 Å². The van der Waals surface area contributed by atoms with Gasteiger partial charge in [-0.1, -0.05) is 0 Å². The van der Waals surface area contributed by atoms with E-state index in [4.69, 9.17) is 0 Å². The molecule has 0 aliphatic carbocycles. The molecule has 2 N–H and O–H groups in total. The minimum absolute atomic E-state index is 0.137. The highest BCUT2D eigenvalue weighted by Gasteiger charge is 2.31. The van der Waals surface area contributed by atoms with E-state index < -0.39 is 21.0 Å². The van der Waals surface area contributed by atoms with Crippen molar-refractivity contribution in [3.63, 3.8) is 0 Å². The highest BCUT2D eigenvalue weighted by Crippen LogP contribution is 2.19. The van der Waals surface area contributed by atoms with Crippen LogP contribution in [-0.4, -0.2) is 48.4 Å². The molecule has 8 heteroatoms. The van der Waals surface area contributed by atoms with Crippen molar-refractivity contribution in [1.82, 2.24) is 15.3 Å². The maximum absolute atomic E-state index is 11.9. The quantitative estimate of drug-likeness (QED) is 0.806. The van der Waals surface area contributed by atoms with Crippen molar-refractivity contribution in [2.75, 3.05) is 24.2 Å². The van der Waals surface area contributed by atoms with Gasteiger partial charge in [0.15, 0.2) is 9.84 Å². The predicted molar refractivity (Wildman–Crippen MR) is 75.3 cm³/mol. The summed E-state index contributed by atoms with van der Waals surface area (Å²) < 4.78 is 23.3. The molecular formula is C12H18N4O3S. The van der Waals surface area contributed by atoms with E-state index in [-0.39, 0.29) is 18.0 Å². The van der Waals surface area contributed by atoms with Crippen LogP contribution in [0.3, 0.4) is 0 Å². The predicted octanol–water partition coefficient (Wildman–Crippen LogP) is 0.215. The Bertz CT molecular complexity index is 571. The molecule has 7 nitrogen and oxygen atoms in total. The fourth-order valence-corrected chi connectivity index (χ4v) is 3.87. The lowest BCUT2D eigenvalue weighted by Crippen LogP contribution is -2.35. The molecule has 0 radical (unpaired) electrons. The Morgan fingerprint density at radius 1 is 1.40 bits per heavy atom. The molecule has 1 atom stereocenters. The van der Waals surface area contributed by atoms with Gasteiger partial charge in [-0.15, -0.1) is 0 Å². The van der Waals surface area contributed by atoms with Crippen molar-refractivity contribution in [3.05, 3.63) is 18.1 Å². The van der Waals surface area contributed by atoms with Gasteiger partial charge >= 0.3 is 0 Å². The maximum atomic E-state index is 11.9. The Hall–Kier alpha value is -1.70. The van der Waals surface area contributed by atoms with Gasteiger partial charge < -0.3 is 10.6 Å². The average Bonchev–Trinajstić information content (AvgIpc) is 2.76. The molecule has 0 bridgehead atoms. The second-order valence-electron chi connectivity index (χ2n) is 4.66. The van der Waals surface area contributed by atoms with Crippen molar-refractivity contribution in [1.29, 1.82) is 0 Å². The zero-order chi connectivity index (χ0) is 14.6. The molecule has 1 unspecified atom stereocenters. The Morgan fingerprint density at radius 3 is 2.75 bits per heavy atom. The van der Waals surface area contributed by atoms with E-state index in [2.05, 4.69) is 20.6 Å². The van der Waals surface area contributed by atoms with Crippen molar-refractivity contribution >= 4 is 21.6 Å². The lowest BCUT2D eigenvalue weighted by molar-refractivity contribution is 0.0948. The third-order valence-electron chi connectivity index (χ3n) is 3.20. The topological polar surface area (TPSA) is 101 Å². The summed E-state index contributed by atoms with van der Waals surface area (Å²) in [5.74, 6) is 0.412. The summed E-state index contributed by atoms with van der Waals surface area (Å²) in [6.45, 7) is 2.79. The molecule has 0 saturated carbocycles. The third kappa shape index (κ3) is 3.44. The normalized spacial score (nSPS) is 20.6. The number of aromatic nitrogens is 2. The summed E-state index contributed by atoms with van der Waals surface area (Å²) in [6.07, 6.45) is 4.12. The van der Waals surface area contributed by atoms with E-state index in [0.717, 1.165) is 6.54 Å². The Balaban J connectivity index is 1.91. The lowest BCUT2D eigenvalue weighted by atomic mass is 10.2. The summed E-state index contributed by atoms with van der Waals surface area (Å²) in [6, 6.07) is 0. The molecule has 0 spiro atoms. The first-order chi connectivity index (χ1) is 9.53. The second-order valence-corrected chi connectivity index (χ2v) is 7.06. The Kier molecular flexibility index (Phi) is 4.53. The van der Waals surface area contributed by atoms with Gasteiger partial charge in [0.25, 0.3) is 5.91 Å². The standard InChI is InChI=1S/C12H18N4O3S/c1-2-13-11-8-14-10(7-15-11)12(17)16-6-9-4-3-5-20(9,18)19/h7-9H,2-6H2,1H3,(H,13,15)(H,16,17). The first kappa shape index (κ1) is 14.7. The molecule has 20 heavy (non-hydrogen) atoms. The summed E-state index contributed by atoms with van der Waals surface area (Å²) >= 11 is 0. The molecule has 1 amide bonds. The van der Waals surface area contributed by atoms with Crippen molar-refractivity contribution < 1.29 is 13.2 Å².